The molecule has 2 N–H and O–H groups in total. The maximum atomic E-state index is 12.2. The lowest BCUT2D eigenvalue weighted by atomic mass is 10.0. The molecule has 0 fully saturated rings. The van der Waals surface area contributed by atoms with Gasteiger partial charge in [0.25, 0.3) is 0 Å². The van der Waals surface area contributed by atoms with Crippen molar-refractivity contribution in [2.45, 2.75) is 6.92 Å². The quantitative estimate of drug-likeness (QED) is 0.632. The Balaban J connectivity index is 1.73. The molecule has 3 aromatic rings. The first kappa shape index (κ1) is 17.7. The van der Waals surface area contributed by atoms with Crippen LogP contribution in [0.3, 0.4) is 0 Å². The zero-order chi connectivity index (χ0) is 18.5. The molecule has 0 aromatic heterocycles. The van der Waals surface area contributed by atoms with Crippen LogP contribution in [0.5, 0.6) is 0 Å². The molecule has 0 aliphatic heterocycles. The third kappa shape index (κ3) is 4.29. The van der Waals surface area contributed by atoms with E-state index in [2.05, 4.69) is 10.6 Å². The number of benzene rings is 3. The average Bonchev–Trinajstić information content (AvgIpc) is 2.62. The smallest absolute Gasteiger partial charge is 0.248 e. The molecular formula is C21H17ClN2O2. The van der Waals surface area contributed by atoms with Crippen molar-refractivity contribution in [3.05, 3.63) is 77.3 Å². The molecule has 0 unspecified atom stereocenters. The van der Waals surface area contributed by atoms with E-state index < -0.39 is 0 Å². The number of anilines is 2. The fraction of sp³-hybridized carbons (Fsp3) is 0.0476. The Bertz CT molecular complexity index is 1010. The Morgan fingerprint density at radius 3 is 2.50 bits per heavy atom. The van der Waals surface area contributed by atoms with Crippen LogP contribution < -0.4 is 10.6 Å². The monoisotopic (exact) mass is 364 g/mol. The van der Waals surface area contributed by atoms with Crippen LogP contribution in [0.1, 0.15) is 12.5 Å². The van der Waals surface area contributed by atoms with Crippen LogP contribution in [0.4, 0.5) is 11.4 Å². The SMILES string of the molecule is CC(=O)Nc1ccc(NC(=O)/C=C/c2cccc3ccccc23)cc1Cl. The fourth-order valence-electron chi connectivity index (χ4n) is 2.63. The largest absolute Gasteiger partial charge is 0.325 e. The van der Waals surface area contributed by atoms with E-state index >= 15 is 0 Å². The number of rotatable bonds is 4. The number of carbonyl (C=O) groups is 2. The van der Waals surface area contributed by atoms with E-state index in [1.165, 1.54) is 13.0 Å². The minimum atomic E-state index is -0.263. The summed E-state index contributed by atoms with van der Waals surface area (Å²) >= 11 is 6.11. The van der Waals surface area contributed by atoms with Gasteiger partial charge in [-0.05, 0) is 40.6 Å². The molecular weight excluding hydrogens is 348 g/mol. The molecule has 0 spiro atoms. The highest BCUT2D eigenvalue weighted by Crippen LogP contribution is 2.25. The molecule has 130 valence electrons. The average molecular weight is 365 g/mol. The van der Waals surface area contributed by atoms with Gasteiger partial charge in [0, 0.05) is 18.7 Å². The Morgan fingerprint density at radius 1 is 0.962 bits per heavy atom. The van der Waals surface area contributed by atoms with Crippen molar-refractivity contribution in [3.8, 4) is 0 Å². The number of hydrogen-bond donors (Lipinski definition) is 2. The van der Waals surface area contributed by atoms with Crippen molar-refractivity contribution in [2.24, 2.45) is 0 Å². The molecule has 0 radical (unpaired) electrons. The lowest BCUT2D eigenvalue weighted by molar-refractivity contribution is -0.114. The van der Waals surface area contributed by atoms with Gasteiger partial charge >= 0.3 is 0 Å². The second-order valence-electron chi connectivity index (χ2n) is 5.77. The summed E-state index contributed by atoms with van der Waals surface area (Å²) in [5.74, 6) is -0.469. The standard InChI is InChI=1S/C21H17ClN2O2/c1-14(25)23-20-11-10-17(13-19(20)22)24-21(26)12-9-16-7-4-6-15-5-2-3-8-18(15)16/h2-13H,1H3,(H,23,25)(H,24,26)/b12-9+. The molecule has 0 aliphatic carbocycles. The van der Waals surface area contributed by atoms with Gasteiger partial charge in [-0.15, -0.1) is 0 Å². The first-order valence-electron chi connectivity index (χ1n) is 8.07. The van der Waals surface area contributed by atoms with Gasteiger partial charge in [0.15, 0.2) is 0 Å². The number of fused-ring (bicyclic) bond motifs is 1. The molecule has 0 atom stereocenters. The summed E-state index contributed by atoms with van der Waals surface area (Å²) in [5, 5.41) is 7.94. The summed E-state index contributed by atoms with van der Waals surface area (Å²) in [6, 6.07) is 18.9. The molecule has 26 heavy (non-hydrogen) atoms. The minimum Gasteiger partial charge on any atom is -0.325 e. The summed E-state index contributed by atoms with van der Waals surface area (Å²) in [6.45, 7) is 1.41. The molecule has 5 heteroatoms. The zero-order valence-electron chi connectivity index (χ0n) is 14.1. The van der Waals surface area contributed by atoms with Crippen molar-refractivity contribution in [1.82, 2.24) is 0 Å². The van der Waals surface area contributed by atoms with Crippen molar-refractivity contribution >= 4 is 51.6 Å². The van der Waals surface area contributed by atoms with Crippen LogP contribution in [0, 0.1) is 0 Å². The maximum Gasteiger partial charge on any atom is 0.248 e. The van der Waals surface area contributed by atoms with Gasteiger partial charge in [-0.2, -0.15) is 0 Å². The zero-order valence-corrected chi connectivity index (χ0v) is 14.9. The predicted octanol–water partition coefficient (Wildman–Crippen LogP) is 5.10. The van der Waals surface area contributed by atoms with Crippen LogP contribution >= 0.6 is 11.6 Å². The molecule has 0 heterocycles. The minimum absolute atomic E-state index is 0.207. The summed E-state index contributed by atoms with van der Waals surface area (Å²) in [5.41, 5.74) is 2.03. The molecule has 0 saturated carbocycles. The van der Waals surface area contributed by atoms with Crippen molar-refractivity contribution in [3.63, 3.8) is 0 Å². The van der Waals surface area contributed by atoms with E-state index in [9.17, 15) is 9.59 Å². The van der Waals surface area contributed by atoms with Crippen molar-refractivity contribution < 1.29 is 9.59 Å². The molecule has 0 saturated heterocycles. The Labute approximate surface area is 156 Å². The third-order valence-corrected chi connectivity index (χ3v) is 4.10. The lowest BCUT2D eigenvalue weighted by Crippen LogP contribution is -2.09. The van der Waals surface area contributed by atoms with Gasteiger partial charge in [0.2, 0.25) is 11.8 Å². The van der Waals surface area contributed by atoms with Gasteiger partial charge in [0.05, 0.1) is 10.7 Å². The number of amides is 2. The summed E-state index contributed by atoms with van der Waals surface area (Å²) in [4.78, 5) is 23.3. The second kappa shape index (κ2) is 7.85. The molecule has 2 amide bonds. The number of carbonyl (C=O) groups excluding carboxylic acids is 2. The van der Waals surface area contributed by atoms with Crippen LogP contribution in [-0.2, 0) is 9.59 Å². The fourth-order valence-corrected chi connectivity index (χ4v) is 2.86. The Kier molecular flexibility index (Phi) is 5.34. The van der Waals surface area contributed by atoms with Gasteiger partial charge in [-0.25, -0.2) is 0 Å². The van der Waals surface area contributed by atoms with Crippen LogP contribution in [-0.4, -0.2) is 11.8 Å². The van der Waals surface area contributed by atoms with E-state index in [4.69, 9.17) is 11.6 Å². The summed E-state index contributed by atoms with van der Waals surface area (Å²) in [7, 11) is 0. The maximum absolute atomic E-state index is 12.2. The second-order valence-corrected chi connectivity index (χ2v) is 6.17. The van der Waals surface area contributed by atoms with E-state index in [-0.39, 0.29) is 11.8 Å². The molecule has 0 bridgehead atoms. The summed E-state index contributed by atoms with van der Waals surface area (Å²) < 4.78 is 0. The normalized spacial score (nSPS) is 10.8. The third-order valence-electron chi connectivity index (χ3n) is 3.78. The van der Waals surface area contributed by atoms with E-state index in [1.54, 1.807) is 24.3 Å². The first-order valence-corrected chi connectivity index (χ1v) is 8.45. The number of nitrogens with one attached hydrogen (secondary N) is 2. The molecule has 0 aliphatic rings. The highest BCUT2D eigenvalue weighted by Gasteiger charge is 2.05. The van der Waals surface area contributed by atoms with Crippen LogP contribution in [0.2, 0.25) is 5.02 Å². The van der Waals surface area contributed by atoms with Crippen molar-refractivity contribution in [1.29, 1.82) is 0 Å². The highest BCUT2D eigenvalue weighted by molar-refractivity contribution is 6.34. The molecule has 3 rings (SSSR count). The topological polar surface area (TPSA) is 58.2 Å². The number of halogens is 1. The molecule has 3 aromatic carbocycles. The molecule has 4 nitrogen and oxygen atoms in total. The van der Waals surface area contributed by atoms with Gasteiger partial charge < -0.3 is 10.6 Å². The van der Waals surface area contributed by atoms with Crippen LogP contribution in [0.15, 0.2) is 66.7 Å². The summed E-state index contributed by atoms with van der Waals surface area (Å²) in [6.07, 6.45) is 3.27. The van der Waals surface area contributed by atoms with E-state index in [0.29, 0.717) is 16.4 Å². The Hall–Kier alpha value is -3.11. The predicted molar refractivity (Wildman–Crippen MR) is 107 cm³/mol. The van der Waals surface area contributed by atoms with Gasteiger partial charge in [-0.3, -0.25) is 9.59 Å². The number of hydrogen-bond acceptors (Lipinski definition) is 2. The van der Waals surface area contributed by atoms with Gasteiger partial charge in [-0.1, -0.05) is 54.1 Å². The van der Waals surface area contributed by atoms with E-state index in [0.717, 1.165) is 16.3 Å². The Morgan fingerprint density at radius 2 is 1.73 bits per heavy atom. The first-order chi connectivity index (χ1) is 12.5. The van der Waals surface area contributed by atoms with Gasteiger partial charge in [0.1, 0.15) is 0 Å². The highest BCUT2D eigenvalue weighted by atomic mass is 35.5. The van der Waals surface area contributed by atoms with Crippen molar-refractivity contribution in [2.75, 3.05) is 10.6 Å². The lowest BCUT2D eigenvalue weighted by Gasteiger charge is -2.08. The van der Waals surface area contributed by atoms with Crippen LogP contribution in [0.25, 0.3) is 16.8 Å². The van der Waals surface area contributed by atoms with E-state index in [1.807, 2.05) is 42.5 Å².